The lowest BCUT2D eigenvalue weighted by atomic mass is 10.1. The molecule has 7 heteroatoms. The molecule has 0 aliphatic rings. The number of carboxylic acid groups (broad SMARTS) is 1. The summed E-state index contributed by atoms with van der Waals surface area (Å²) in [5.41, 5.74) is 3.47. The second-order valence-corrected chi connectivity index (χ2v) is 5.84. The van der Waals surface area contributed by atoms with Crippen LogP contribution >= 0.6 is 0 Å². The topological polar surface area (TPSA) is 108 Å². The van der Waals surface area contributed by atoms with E-state index in [2.05, 4.69) is 16.0 Å². The summed E-state index contributed by atoms with van der Waals surface area (Å²) in [5.74, 6) is -0.0567. The highest BCUT2D eigenvalue weighted by Gasteiger charge is 2.14. The molecule has 1 aromatic heterocycles. The molecule has 0 fully saturated rings. The monoisotopic (exact) mass is 363 g/mol. The molecule has 0 amide bonds. The summed E-state index contributed by atoms with van der Waals surface area (Å²) < 4.78 is 10.6. The number of methoxy groups -OCH3 is 1. The molecule has 0 saturated carbocycles. The first-order chi connectivity index (χ1) is 13.0. The molecule has 0 bridgehead atoms. The molecule has 0 radical (unpaired) electrons. The third kappa shape index (κ3) is 3.90. The molecular weight excluding hydrogens is 346 g/mol. The molecule has 2 aromatic carbocycles. The lowest BCUT2D eigenvalue weighted by Crippen LogP contribution is -2.10. The van der Waals surface area contributed by atoms with Gasteiger partial charge in [-0.05, 0) is 36.8 Å². The standard InChI is InChI=1S/C20H17N3O4/c1-12-6-7-15-16(8-12)23-20(22-15)14(10-21)9-13-4-3-5-17(26-2)19(13)27-11-18(24)25/h3-9H,11H2,1-2H3,(H,22,23)(H,24,25). The number of imidazole rings is 1. The number of hydrogen-bond acceptors (Lipinski definition) is 5. The molecule has 3 aromatic rings. The number of ether oxygens (including phenoxy) is 2. The van der Waals surface area contributed by atoms with Crippen LogP contribution in [0.15, 0.2) is 36.4 Å². The number of aromatic nitrogens is 2. The molecule has 27 heavy (non-hydrogen) atoms. The van der Waals surface area contributed by atoms with Gasteiger partial charge in [0.1, 0.15) is 11.9 Å². The van der Waals surface area contributed by atoms with Gasteiger partial charge in [-0.2, -0.15) is 5.26 Å². The van der Waals surface area contributed by atoms with E-state index < -0.39 is 12.6 Å². The predicted molar refractivity (Wildman–Crippen MR) is 100 cm³/mol. The van der Waals surface area contributed by atoms with Crippen LogP contribution in [0.5, 0.6) is 11.5 Å². The first kappa shape index (κ1) is 18.0. The summed E-state index contributed by atoms with van der Waals surface area (Å²) in [7, 11) is 1.46. The van der Waals surface area contributed by atoms with Crippen LogP contribution in [-0.4, -0.2) is 34.8 Å². The van der Waals surface area contributed by atoms with E-state index in [-0.39, 0.29) is 11.3 Å². The molecule has 0 aliphatic carbocycles. The third-order valence-corrected chi connectivity index (χ3v) is 3.88. The van der Waals surface area contributed by atoms with Crippen LogP contribution < -0.4 is 9.47 Å². The number of H-pyrrole nitrogens is 1. The number of aliphatic carboxylic acids is 1. The molecule has 136 valence electrons. The molecule has 0 spiro atoms. The molecule has 0 aliphatic heterocycles. The fraction of sp³-hybridized carbons (Fsp3) is 0.150. The second-order valence-electron chi connectivity index (χ2n) is 5.84. The maximum absolute atomic E-state index is 10.9. The first-order valence-corrected chi connectivity index (χ1v) is 8.12. The number of nitrogens with one attached hydrogen (secondary N) is 1. The molecule has 2 N–H and O–H groups in total. The van der Waals surface area contributed by atoms with Crippen LogP contribution in [0, 0.1) is 18.3 Å². The van der Waals surface area contributed by atoms with Gasteiger partial charge in [0, 0.05) is 5.56 Å². The lowest BCUT2D eigenvalue weighted by Gasteiger charge is -2.12. The SMILES string of the molecule is COc1cccc(C=C(C#N)c2nc3ccc(C)cc3[nH]2)c1OCC(=O)O. The molecule has 0 unspecified atom stereocenters. The fourth-order valence-electron chi connectivity index (χ4n) is 2.66. The molecule has 0 saturated heterocycles. The van der Waals surface area contributed by atoms with Crippen LogP contribution in [-0.2, 0) is 4.79 Å². The minimum absolute atomic E-state index is 0.252. The Morgan fingerprint density at radius 3 is 2.89 bits per heavy atom. The summed E-state index contributed by atoms with van der Waals surface area (Å²) >= 11 is 0. The van der Waals surface area contributed by atoms with E-state index in [4.69, 9.17) is 14.6 Å². The van der Waals surface area contributed by atoms with E-state index in [9.17, 15) is 10.1 Å². The van der Waals surface area contributed by atoms with Crippen molar-refractivity contribution in [3.05, 3.63) is 53.3 Å². The van der Waals surface area contributed by atoms with Crippen molar-refractivity contribution in [1.82, 2.24) is 9.97 Å². The zero-order valence-corrected chi connectivity index (χ0v) is 14.8. The number of carboxylic acids is 1. The number of nitrogens with zero attached hydrogens (tertiary/aromatic N) is 2. The minimum Gasteiger partial charge on any atom is -0.493 e. The van der Waals surface area contributed by atoms with Crippen molar-refractivity contribution in [1.29, 1.82) is 5.26 Å². The maximum Gasteiger partial charge on any atom is 0.341 e. The van der Waals surface area contributed by atoms with E-state index >= 15 is 0 Å². The second kappa shape index (κ2) is 7.62. The average Bonchev–Trinajstić information content (AvgIpc) is 3.07. The van der Waals surface area contributed by atoms with Gasteiger partial charge in [-0.15, -0.1) is 0 Å². The number of fused-ring (bicyclic) bond motifs is 1. The fourth-order valence-corrected chi connectivity index (χ4v) is 2.66. The number of aryl methyl sites for hydroxylation is 1. The normalized spacial score (nSPS) is 11.2. The summed E-state index contributed by atoms with van der Waals surface area (Å²) in [6, 6.07) is 13.0. The van der Waals surface area contributed by atoms with Crippen molar-refractivity contribution in [3.8, 4) is 17.6 Å². The van der Waals surface area contributed by atoms with Crippen molar-refractivity contribution < 1.29 is 19.4 Å². The largest absolute Gasteiger partial charge is 0.493 e. The maximum atomic E-state index is 10.9. The van der Waals surface area contributed by atoms with Gasteiger partial charge in [-0.3, -0.25) is 0 Å². The zero-order valence-electron chi connectivity index (χ0n) is 14.8. The van der Waals surface area contributed by atoms with Gasteiger partial charge in [0.25, 0.3) is 0 Å². The van der Waals surface area contributed by atoms with E-state index in [1.165, 1.54) is 7.11 Å². The van der Waals surface area contributed by atoms with Gasteiger partial charge in [-0.25, -0.2) is 9.78 Å². The number of para-hydroxylation sites is 1. The Bertz CT molecular complexity index is 1080. The number of hydrogen-bond donors (Lipinski definition) is 2. The van der Waals surface area contributed by atoms with Gasteiger partial charge in [0.2, 0.25) is 0 Å². The third-order valence-electron chi connectivity index (χ3n) is 3.88. The van der Waals surface area contributed by atoms with Crippen LogP contribution in [0.1, 0.15) is 17.0 Å². The van der Waals surface area contributed by atoms with Crippen LogP contribution in [0.2, 0.25) is 0 Å². The first-order valence-electron chi connectivity index (χ1n) is 8.12. The van der Waals surface area contributed by atoms with Crippen molar-refractivity contribution in [2.24, 2.45) is 0 Å². The summed E-state index contributed by atoms with van der Waals surface area (Å²) in [5, 5.41) is 18.5. The van der Waals surface area contributed by atoms with Gasteiger partial charge in [0.05, 0.1) is 23.7 Å². The van der Waals surface area contributed by atoms with Crippen LogP contribution in [0.3, 0.4) is 0 Å². The zero-order chi connectivity index (χ0) is 19.4. The average molecular weight is 363 g/mol. The van der Waals surface area contributed by atoms with Crippen molar-refractivity contribution in [2.45, 2.75) is 6.92 Å². The summed E-state index contributed by atoms with van der Waals surface area (Å²) in [4.78, 5) is 18.5. The molecule has 3 rings (SSSR count). The van der Waals surface area contributed by atoms with Gasteiger partial charge in [-0.1, -0.05) is 18.2 Å². The minimum atomic E-state index is -1.11. The molecular formula is C20H17N3O4. The highest BCUT2D eigenvalue weighted by atomic mass is 16.5. The molecule has 0 atom stereocenters. The quantitative estimate of drug-likeness (QED) is 0.650. The highest BCUT2D eigenvalue weighted by Crippen LogP contribution is 2.33. The van der Waals surface area contributed by atoms with E-state index in [1.54, 1.807) is 24.3 Å². The number of rotatable bonds is 6. The van der Waals surface area contributed by atoms with Crippen LogP contribution in [0.4, 0.5) is 0 Å². The van der Waals surface area contributed by atoms with Crippen molar-refractivity contribution in [3.63, 3.8) is 0 Å². The number of carbonyl (C=O) groups is 1. The molecule has 7 nitrogen and oxygen atoms in total. The van der Waals surface area contributed by atoms with Gasteiger partial charge >= 0.3 is 5.97 Å². The Morgan fingerprint density at radius 1 is 1.37 bits per heavy atom. The number of nitriles is 1. The van der Waals surface area contributed by atoms with Crippen molar-refractivity contribution >= 4 is 28.7 Å². The summed E-state index contributed by atoms with van der Waals surface area (Å²) in [6.45, 7) is 1.45. The Kier molecular flexibility index (Phi) is 5.08. The number of aromatic amines is 1. The summed E-state index contributed by atoms with van der Waals surface area (Å²) in [6.07, 6.45) is 1.59. The number of allylic oxidation sites excluding steroid dienone is 1. The lowest BCUT2D eigenvalue weighted by molar-refractivity contribution is -0.139. The predicted octanol–water partition coefficient (Wildman–Crippen LogP) is 3.41. The highest BCUT2D eigenvalue weighted by molar-refractivity contribution is 5.91. The Hall–Kier alpha value is -3.79. The van der Waals surface area contributed by atoms with Crippen molar-refractivity contribution in [2.75, 3.05) is 13.7 Å². The Morgan fingerprint density at radius 2 is 2.19 bits per heavy atom. The number of benzene rings is 2. The van der Waals surface area contributed by atoms with E-state index in [0.717, 1.165) is 16.6 Å². The van der Waals surface area contributed by atoms with Gasteiger partial charge in [0.15, 0.2) is 18.1 Å². The van der Waals surface area contributed by atoms with E-state index in [1.807, 2.05) is 25.1 Å². The smallest absolute Gasteiger partial charge is 0.341 e. The Balaban J connectivity index is 2.06. The van der Waals surface area contributed by atoms with E-state index in [0.29, 0.717) is 17.1 Å². The molecule has 1 heterocycles. The van der Waals surface area contributed by atoms with Gasteiger partial charge < -0.3 is 19.6 Å². The Labute approximate surface area is 155 Å². The van der Waals surface area contributed by atoms with Crippen LogP contribution in [0.25, 0.3) is 22.7 Å².